The highest BCUT2D eigenvalue weighted by molar-refractivity contribution is 5.77. The molecule has 0 bridgehead atoms. The average molecular weight is 297 g/mol. The van der Waals surface area contributed by atoms with Gasteiger partial charge in [0.15, 0.2) is 0 Å². The van der Waals surface area contributed by atoms with Gasteiger partial charge in [-0.3, -0.25) is 9.59 Å². The number of hydrogen-bond donors (Lipinski definition) is 1. The third-order valence-electron chi connectivity index (χ3n) is 3.13. The maximum atomic E-state index is 11.9. The smallest absolute Gasteiger partial charge is 0.411 e. The van der Waals surface area contributed by atoms with E-state index in [1.54, 1.807) is 0 Å². The molecule has 20 heavy (non-hydrogen) atoms. The summed E-state index contributed by atoms with van der Waals surface area (Å²) in [4.78, 5) is 23.6. The van der Waals surface area contributed by atoms with Gasteiger partial charge in [-0.1, -0.05) is 0 Å². The van der Waals surface area contributed by atoms with Gasteiger partial charge in [-0.05, 0) is 25.2 Å². The Hall–Kier alpha value is -1.31. The van der Waals surface area contributed by atoms with Gasteiger partial charge in [0, 0.05) is 19.5 Å². The van der Waals surface area contributed by atoms with E-state index in [2.05, 4.69) is 4.74 Å². The number of carbonyl (C=O) groups excluding carboxylic acids is 1. The molecule has 1 fully saturated rings. The fraction of sp³-hybridized carbons (Fsp3) is 0.833. The van der Waals surface area contributed by atoms with Gasteiger partial charge in [0.1, 0.15) is 13.2 Å². The van der Waals surface area contributed by atoms with Crippen LogP contribution in [0, 0.1) is 5.92 Å². The zero-order chi connectivity index (χ0) is 15.2. The highest BCUT2D eigenvalue weighted by Gasteiger charge is 2.29. The minimum absolute atomic E-state index is 0.0390. The van der Waals surface area contributed by atoms with Gasteiger partial charge in [-0.2, -0.15) is 13.2 Å². The summed E-state index contributed by atoms with van der Waals surface area (Å²) < 4.78 is 40.0. The van der Waals surface area contributed by atoms with Crippen LogP contribution in [0.15, 0.2) is 0 Å². The Morgan fingerprint density at radius 2 is 2.05 bits per heavy atom. The zero-order valence-electron chi connectivity index (χ0n) is 11.0. The number of halogens is 3. The molecule has 1 heterocycles. The van der Waals surface area contributed by atoms with Crippen LogP contribution in [0.1, 0.15) is 25.7 Å². The lowest BCUT2D eigenvalue weighted by molar-refractivity contribution is -0.178. The summed E-state index contributed by atoms with van der Waals surface area (Å²) in [6.45, 7) is -1.15. The van der Waals surface area contributed by atoms with Crippen LogP contribution in [0.4, 0.5) is 13.2 Å². The van der Waals surface area contributed by atoms with Gasteiger partial charge in [-0.15, -0.1) is 0 Å². The lowest BCUT2D eigenvalue weighted by atomic mass is 9.93. The second-order valence-corrected chi connectivity index (χ2v) is 4.89. The molecule has 1 N–H and O–H groups in total. The second-order valence-electron chi connectivity index (χ2n) is 4.89. The molecule has 1 rings (SSSR count). The summed E-state index contributed by atoms with van der Waals surface area (Å²) >= 11 is 0. The lowest BCUT2D eigenvalue weighted by Gasteiger charge is -2.32. The summed E-state index contributed by atoms with van der Waals surface area (Å²) in [7, 11) is 0. The van der Waals surface area contributed by atoms with E-state index in [1.165, 1.54) is 4.90 Å². The maximum Gasteiger partial charge on any atom is 0.411 e. The van der Waals surface area contributed by atoms with E-state index in [0.717, 1.165) is 12.8 Å². The van der Waals surface area contributed by atoms with Crippen LogP contribution in [0.25, 0.3) is 0 Å². The fourth-order valence-corrected chi connectivity index (χ4v) is 2.20. The molecule has 1 amide bonds. The van der Waals surface area contributed by atoms with Crippen LogP contribution in [0.3, 0.4) is 0 Å². The van der Waals surface area contributed by atoms with Crippen molar-refractivity contribution in [2.75, 3.05) is 26.3 Å². The Bertz CT molecular complexity index is 346. The Morgan fingerprint density at radius 3 is 2.65 bits per heavy atom. The Kier molecular flexibility index (Phi) is 6.25. The van der Waals surface area contributed by atoms with E-state index in [0.29, 0.717) is 19.5 Å². The largest absolute Gasteiger partial charge is 0.481 e. The average Bonchev–Trinajstić information content (AvgIpc) is 2.35. The fourth-order valence-electron chi connectivity index (χ4n) is 2.20. The number of ether oxygens (including phenoxy) is 1. The van der Waals surface area contributed by atoms with Crippen LogP contribution in [0.2, 0.25) is 0 Å². The first-order chi connectivity index (χ1) is 9.28. The molecule has 0 aromatic carbocycles. The third kappa shape index (κ3) is 6.74. The lowest BCUT2D eigenvalue weighted by Crippen LogP contribution is -2.42. The number of carboxylic acids is 1. The molecule has 8 heteroatoms. The normalized spacial score (nSPS) is 19.9. The quantitative estimate of drug-likeness (QED) is 0.810. The highest BCUT2D eigenvalue weighted by Crippen LogP contribution is 2.21. The van der Waals surface area contributed by atoms with Crippen LogP contribution in [-0.2, 0) is 14.3 Å². The molecule has 0 spiro atoms. The Labute approximate surface area is 114 Å². The van der Waals surface area contributed by atoms with E-state index in [9.17, 15) is 22.8 Å². The van der Waals surface area contributed by atoms with Gasteiger partial charge >= 0.3 is 12.1 Å². The van der Waals surface area contributed by atoms with Crippen LogP contribution < -0.4 is 0 Å². The Balaban J connectivity index is 2.31. The van der Waals surface area contributed by atoms with E-state index in [4.69, 9.17) is 5.11 Å². The van der Waals surface area contributed by atoms with Crippen molar-refractivity contribution in [1.82, 2.24) is 4.90 Å². The summed E-state index contributed by atoms with van der Waals surface area (Å²) in [5, 5.41) is 8.60. The summed E-state index contributed by atoms with van der Waals surface area (Å²) in [5.41, 5.74) is 0. The Morgan fingerprint density at radius 1 is 1.35 bits per heavy atom. The highest BCUT2D eigenvalue weighted by atomic mass is 19.4. The maximum absolute atomic E-state index is 11.9. The van der Waals surface area contributed by atoms with Crippen molar-refractivity contribution >= 4 is 11.9 Å². The number of nitrogens with zero attached hydrogens (tertiary/aromatic N) is 1. The van der Waals surface area contributed by atoms with Crippen LogP contribution >= 0.6 is 0 Å². The molecule has 0 saturated carbocycles. The number of amides is 1. The predicted octanol–water partition coefficient (Wildman–Crippen LogP) is 1.67. The number of hydrogen-bond acceptors (Lipinski definition) is 3. The number of carboxylic acid groups (broad SMARTS) is 1. The first-order valence-corrected chi connectivity index (χ1v) is 6.42. The summed E-state index contributed by atoms with van der Waals surface area (Å²) in [6.07, 6.45) is -2.36. The standard InChI is InChI=1S/C12H18F3NO4/c13-12(14,15)8-20-7-10(17)16-5-1-2-9(6-16)3-4-11(18)19/h9H,1-8H2,(H,18,19). The topological polar surface area (TPSA) is 66.8 Å². The monoisotopic (exact) mass is 297 g/mol. The molecule has 1 atom stereocenters. The number of carbonyl (C=O) groups is 2. The molecule has 1 aliphatic heterocycles. The van der Waals surface area contributed by atoms with Gasteiger partial charge in [-0.25, -0.2) is 0 Å². The van der Waals surface area contributed by atoms with E-state index >= 15 is 0 Å². The van der Waals surface area contributed by atoms with E-state index in [1.807, 2.05) is 0 Å². The van der Waals surface area contributed by atoms with Crippen LogP contribution in [0.5, 0.6) is 0 Å². The number of rotatable bonds is 6. The molecule has 0 aromatic heterocycles. The summed E-state index contributed by atoms with van der Waals surface area (Å²) in [6, 6.07) is 0. The second kappa shape index (κ2) is 7.47. The number of alkyl halides is 3. The number of piperidine rings is 1. The molecule has 0 aliphatic carbocycles. The van der Waals surface area contributed by atoms with Crippen molar-refractivity contribution in [1.29, 1.82) is 0 Å². The van der Waals surface area contributed by atoms with Crippen LogP contribution in [-0.4, -0.2) is 54.4 Å². The van der Waals surface area contributed by atoms with Crippen molar-refractivity contribution in [2.24, 2.45) is 5.92 Å². The van der Waals surface area contributed by atoms with E-state index < -0.39 is 31.3 Å². The van der Waals surface area contributed by atoms with Crippen molar-refractivity contribution in [3.8, 4) is 0 Å². The predicted molar refractivity (Wildman–Crippen MR) is 63.0 cm³/mol. The molecule has 0 radical (unpaired) electrons. The minimum atomic E-state index is -4.44. The third-order valence-corrected chi connectivity index (χ3v) is 3.13. The van der Waals surface area contributed by atoms with Crippen molar-refractivity contribution in [3.05, 3.63) is 0 Å². The molecule has 0 aromatic rings. The molecule has 5 nitrogen and oxygen atoms in total. The molecule has 1 unspecified atom stereocenters. The van der Waals surface area contributed by atoms with E-state index in [-0.39, 0.29) is 12.3 Å². The SMILES string of the molecule is O=C(O)CCC1CCCN(C(=O)COCC(F)(F)F)C1. The van der Waals surface area contributed by atoms with Crippen molar-refractivity contribution in [2.45, 2.75) is 31.9 Å². The van der Waals surface area contributed by atoms with Gasteiger partial charge in [0.2, 0.25) is 5.91 Å². The van der Waals surface area contributed by atoms with Gasteiger partial charge < -0.3 is 14.7 Å². The zero-order valence-corrected chi connectivity index (χ0v) is 11.0. The molecule has 116 valence electrons. The van der Waals surface area contributed by atoms with Crippen molar-refractivity contribution < 1.29 is 32.6 Å². The van der Waals surface area contributed by atoms with Crippen molar-refractivity contribution in [3.63, 3.8) is 0 Å². The first kappa shape index (κ1) is 16.7. The number of likely N-dealkylation sites (tertiary alicyclic amines) is 1. The van der Waals surface area contributed by atoms with Gasteiger partial charge in [0.25, 0.3) is 0 Å². The molecule has 1 aliphatic rings. The molecular weight excluding hydrogens is 279 g/mol. The minimum Gasteiger partial charge on any atom is -0.481 e. The van der Waals surface area contributed by atoms with Gasteiger partial charge in [0.05, 0.1) is 0 Å². The molecular formula is C12H18F3NO4. The summed E-state index contributed by atoms with van der Waals surface area (Å²) in [5.74, 6) is -1.28. The first-order valence-electron chi connectivity index (χ1n) is 6.42. The number of aliphatic carboxylic acids is 1. The molecule has 1 saturated heterocycles.